The van der Waals surface area contributed by atoms with Crippen LogP contribution in [0, 0.1) is 11.8 Å². The molecule has 0 aliphatic rings. The maximum Gasteiger partial charge on any atom is 0.250 e. The van der Waals surface area contributed by atoms with Crippen LogP contribution in [0.3, 0.4) is 0 Å². The zero-order chi connectivity index (χ0) is 10.4. The summed E-state index contributed by atoms with van der Waals surface area (Å²) in [5, 5.41) is 0. The van der Waals surface area contributed by atoms with Crippen LogP contribution in [0.4, 0.5) is 0 Å². The van der Waals surface area contributed by atoms with Crippen LogP contribution in [-0.2, 0) is 0 Å². The van der Waals surface area contributed by atoms with Gasteiger partial charge in [0.1, 0.15) is 0 Å². The summed E-state index contributed by atoms with van der Waals surface area (Å²) in [6, 6.07) is 1.61. The molecule has 0 aliphatic heterocycles. The minimum absolute atomic E-state index is 0.364. The zero-order valence-corrected chi connectivity index (χ0v) is 8.21. The summed E-state index contributed by atoms with van der Waals surface area (Å²) in [4.78, 5) is 14.6. The Morgan fingerprint density at radius 1 is 1.57 bits per heavy atom. The first-order chi connectivity index (χ1) is 6.74. The number of carbonyl (C=O) groups is 1. The predicted molar refractivity (Wildman–Crippen MR) is 55.0 cm³/mol. The predicted octanol–water partition coefficient (Wildman–Crippen LogP) is 1.16. The molecule has 1 amide bonds. The highest BCUT2D eigenvalue weighted by Crippen LogP contribution is 2.00. The van der Waals surface area contributed by atoms with Crippen molar-refractivity contribution in [1.82, 2.24) is 4.98 Å². The van der Waals surface area contributed by atoms with Gasteiger partial charge in [0.25, 0.3) is 0 Å². The molecule has 0 fully saturated rings. The molecule has 0 aliphatic carbocycles. The number of primary amides is 1. The van der Waals surface area contributed by atoms with E-state index in [1.165, 1.54) is 6.20 Å². The Bertz CT molecular complexity index is 393. The van der Waals surface area contributed by atoms with Crippen molar-refractivity contribution < 1.29 is 4.79 Å². The molecule has 1 rings (SSSR count). The largest absolute Gasteiger partial charge is 0.366 e. The molecule has 0 radical (unpaired) electrons. The molecule has 3 nitrogen and oxygen atoms in total. The van der Waals surface area contributed by atoms with Crippen molar-refractivity contribution in [2.45, 2.75) is 6.42 Å². The normalized spacial score (nSPS) is 8.93. The third kappa shape index (κ3) is 3.08. The number of hydrogen-bond acceptors (Lipinski definition) is 2. The molecule has 72 valence electrons. The highest BCUT2D eigenvalue weighted by molar-refractivity contribution is 6.18. The second-order valence-corrected chi connectivity index (χ2v) is 2.95. The van der Waals surface area contributed by atoms with E-state index in [0.29, 0.717) is 23.4 Å². The molecule has 1 aromatic heterocycles. The van der Waals surface area contributed by atoms with Gasteiger partial charge in [0.05, 0.1) is 5.56 Å². The molecule has 0 unspecified atom stereocenters. The summed E-state index contributed by atoms with van der Waals surface area (Å²) < 4.78 is 0. The number of halogens is 1. The van der Waals surface area contributed by atoms with E-state index in [4.69, 9.17) is 17.3 Å². The molecule has 14 heavy (non-hydrogen) atoms. The van der Waals surface area contributed by atoms with Crippen molar-refractivity contribution in [3.05, 3.63) is 29.6 Å². The minimum Gasteiger partial charge on any atom is -0.366 e. The molecule has 4 heteroatoms. The Morgan fingerprint density at radius 2 is 2.36 bits per heavy atom. The van der Waals surface area contributed by atoms with Gasteiger partial charge < -0.3 is 5.73 Å². The lowest BCUT2D eigenvalue weighted by Crippen LogP contribution is -2.11. The van der Waals surface area contributed by atoms with Gasteiger partial charge >= 0.3 is 0 Å². The van der Waals surface area contributed by atoms with Gasteiger partial charge in [-0.25, -0.2) is 0 Å². The highest BCUT2D eigenvalue weighted by Gasteiger charge is 1.99. The quantitative estimate of drug-likeness (QED) is 0.586. The third-order valence-electron chi connectivity index (χ3n) is 1.47. The molecule has 0 spiro atoms. The number of hydrogen-bond donors (Lipinski definition) is 1. The second-order valence-electron chi connectivity index (χ2n) is 2.57. The number of aromatic nitrogens is 1. The van der Waals surface area contributed by atoms with Crippen LogP contribution in [0.2, 0.25) is 0 Å². The SMILES string of the molecule is NC(=O)c1cncc(C#CCCCl)c1. The maximum absolute atomic E-state index is 10.8. The van der Waals surface area contributed by atoms with Crippen molar-refractivity contribution in [3.63, 3.8) is 0 Å². The summed E-state index contributed by atoms with van der Waals surface area (Å²) in [5.41, 5.74) is 6.13. The molecular formula is C10H9ClN2O. The van der Waals surface area contributed by atoms with E-state index in [1.54, 1.807) is 12.3 Å². The first kappa shape index (κ1) is 10.6. The number of amides is 1. The van der Waals surface area contributed by atoms with Gasteiger partial charge in [-0.2, -0.15) is 0 Å². The Kier molecular flexibility index (Phi) is 3.96. The first-order valence-electron chi connectivity index (χ1n) is 4.03. The maximum atomic E-state index is 10.8. The molecule has 0 atom stereocenters. The van der Waals surface area contributed by atoms with Crippen molar-refractivity contribution in [2.24, 2.45) is 5.73 Å². The van der Waals surface area contributed by atoms with Crippen LogP contribution >= 0.6 is 11.6 Å². The lowest BCUT2D eigenvalue weighted by atomic mass is 10.2. The fraction of sp³-hybridized carbons (Fsp3) is 0.200. The molecule has 0 saturated heterocycles. The van der Waals surface area contributed by atoms with Crippen LogP contribution in [-0.4, -0.2) is 16.8 Å². The Hall–Kier alpha value is -1.53. The number of alkyl halides is 1. The van der Waals surface area contributed by atoms with Crippen LogP contribution in [0.25, 0.3) is 0 Å². The van der Waals surface area contributed by atoms with Crippen molar-refractivity contribution >= 4 is 17.5 Å². The average molecular weight is 209 g/mol. The van der Waals surface area contributed by atoms with Crippen LogP contribution in [0.15, 0.2) is 18.5 Å². The van der Waals surface area contributed by atoms with E-state index in [1.807, 2.05) is 0 Å². The summed E-state index contributed by atoms with van der Waals surface area (Å²) >= 11 is 5.46. The minimum atomic E-state index is -0.501. The van der Waals surface area contributed by atoms with Crippen LogP contribution in [0.1, 0.15) is 22.3 Å². The van der Waals surface area contributed by atoms with E-state index in [-0.39, 0.29) is 0 Å². The average Bonchev–Trinajstić information content (AvgIpc) is 2.19. The first-order valence-corrected chi connectivity index (χ1v) is 4.57. The Labute approximate surface area is 87.3 Å². The van der Waals surface area contributed by atoms with Gasteiger partial charge in [0.15, 0.2) is 0 Å². The molecular weight excluding hydrogens is 200 g/mol. The highest BCUT2D eigenvalue weighted by atomic mass is 35.5. The number of nitrogens with two attached hydrogens (primary N) is 1. The number of rotatable bonds is 2. The lowest BCUT2D eigenvalue weighted by molar-refractivity contribution is 0.1000. The molecule has 2 N–H and O–H groups in total. The molecule has 1 aromatic rings. The summed E-state index contributed by atoms with van der Waals surface area (Å²) in [6.45, 7) is 0. The lowest BCUT2D eigenvalue weighted by Gasteiger charge is -1.94. The monoisotopic (exact) mass is 208 g/mol. The molecule has 0 bridgehead atoms. The summed E-state index contributed by atoms with van der Waals surface area (Å²) in [6.07, 6.45) is 3.60. The van der Waals surface area contributed by atoms with Crippen LogP contribution < -0.4 is 5.73 Å². The summed E-state index contributed by atoms with van der Waals surface area (Å²) in [5.74, 6) is 5.67. The van der Waals surface area contributed by atoms with E-state index < -0.39 is 5.91 Å². The zero-order valence-electron chi connectivity index (χ0n) is 7.46. The standard InChI is InChI=1S/C10H9ClN2O/c11-4-2-1-3-8-5-9(10(12)14)7-13-6-8/h5-7H,2,4H2,(H2,12,14). The van der Waals surface area contributed by atoms with Crippen molar-refractivity contribution in [3.8, 4) is 11.8 Å². The van der Waals surface area contributed by atoms with Gasteiger partial charge in [-0.3, -0.25) is 9.78 Å². The molecule has 0 saturated carbocycles. The van der Waals surface area contributed by atoms with E-state index >= 15 is 0 Å². The Balaban J connectivity index is 2.85. The van der Waals surface area contributed by atoms with Crippen LogP contribution in [0.5, 0.6) is 0 Å². The second kappa shape index (κ2) is 5.25. The van der Waals surface area contributed by atoms with E-state index in [2.05, 4.69) is 16.8 Å². The van der Waals surface area contributed by atoms with Gasteiger partial charge in [0, 0.05) is 30.3 Å². The van der Waals surface area contributed by atoms with Gasteiger partial charge in [-0.05, 0) is 6.07 Å². The van der Waals surface area contributed by atoms with Gasteiger partial charge in [-0.15, -0.1) is 11.6 Å². The topological polar surface area (TPSA) is 56.0 Å². The molecule has 0 aromatic carbocycles. The van der Waals surface area contributed by atoms with E-state index in [0.717, 1.165) is 0 Å². The molecule has 1 heterocycles. The number of pyridine rings is 1. The fourth-order valence-electron chi connectivity index (χ4n) is 0.855. The number of carbonyl (C=O) groups excluding carboxylic acids is 1. The van der Waals surface area contributed by atoms with Gasteiger partial charge in [0.2, 0.25) is 5.91 Å². The fourth-order valence-corrected chi connectivity index (χ4v) is 0.949. The van der Waals surface area contributed by atoms with E-state index in [9.17, 15) is 4.79 Å². The Morgan fingerprint density at radius 3 is 3.00 bits per heavy atom. The third-order valence-corrected chi connectivity index (χ3v) is 1.66. The van der Waals surface area contributed by atoms with Crippen molar-refractivity contribution in [1.29, 1.82) is 0 Å². The van der Waals surface area contributed by atoms with Crippen molar-refractivity contribution in [2.75, 3.05) is 5.88 Å². The van der Waals surface area contributed by atoms with Gasteiger partial charge in [-0.1, -0.05) is 11.8 Å². The summed E-state index contributed by atoms with van der Waals surface area (Å²) in [7, 11) is 0. The number of nitrogens with zero attached hydrogens (tertiary/aromatic N) is 1. The smallest absolute Gasteiger partial charge is 0.250 e.